The Morgan fingerprint density at radius 3 is 2.67 bits per heavy atom. The van der Waals surface area contributed by atoms with E-state index >= 15 is 0 Å². The molecule has 0 aliphatic carbocycles. The van der Waals surface area contributed by atoms with Crippen LogP contribution in [0.4, 0.5) is 0 Å². The molecule has 2 N–H and O–H groups in total. The summed E-state index contributed by atoms with van der Waals surface area (Å²) in [6.45, 7) is 2.81. The zero-order valence-corrected chi connectivity index (χ0v) is 14.0. The molecule has 0 radical (unpaired) electrons. The van der Waals surface area contributed by atoms with Crippen molar-refractivity contribution in [2.75, 3.05) is 19.7 Å². The van der Waals surface area contributed by atoms with E-state index in [0.717, 1.165) is 56.7 Å². The molecule has 2 aliphatic rings. The second kappa shape index (κ2) is 6.96. The zero-order valence-electron chi connectivity index (χ0n) is 14.0. The van der Waals surface area contributed by atoms with Crippen molar-refractivity contribution in [1.82, 2.24) is 5.32 Å². The Labute approximate surface area is 143 Å². The maximum absolute atomic E-state index is 10.6. The minimum Gasteiger partial charge on any atom is -0.493 e. The largest absolute Gasteiger partial charge is 0.493 e. The summed E-state index contributed by atoms with van der Waals surface area (Å²) in [5.41, 5.74) is 4.74. The Balaban J connectivity index is 1.53. The van der Waals surface area contributed by atoms with E-state index in [9.17, 15) is 5.11 Å². The number of hydrogen-bond acceptors (Lipinski definition) is 3. The minimum atomic E-state index is -0.371. The second-order valence-electron chi connectivity index (χ2n) is 6.95. The third-order valence-electron chi connectivity index (χ3n) is 5.28. The van der Waals surface area contributed by atoms with E-state index in [4.69, 9.17) is 4.74 Å². The van der Waals surface area contributed by atoms with Gasteiger partial charge in [0.05, 0.1) is 12.7 Å². The van der Waals surface area contributed by atoms with E-state index in [-0.39, 0.29) is 6.10 Å². The van der Waals surface area contributed by atoms with Gasteiger partial charge in [-0.15, -0.1) is 0 Å². The Kier molecular flexibility index (Phi) is 4.54. The maximum Gasteiger partial charge on any atom is 0.122 e. The first-order valence-electron chi connectivity index (χ1n) is 9.06. The summed E-state index contributed by atoms with van der Waals surface area (Å²) in [6.07, 6.45) is 4.06. The smallest absolute Gasteiger partial charge is 0.122 e. The quantitative estimate of drug-likeness (QED) is 0.905. The van der Waals surface area contributed by atoms with Crippen LogP contribution in [0.3, 0.4) is 0 Å². The average Bonchev–Trinajstić information content (AvgIpc) is 2.68. The highest BCUT2D eigenvalue weighted by Gasteiger charge is 2.22. The van der Waals surface area contributed by atoms with E-state index in [1.807, 2.05) is 0 Å². The fourth-order valence-electron chi connectivity index (χ4n) is 3.83. The molecule has 0 aromatic heterocycles. The van der Waals surface area contributed by atoms with E-state index < -0.39 is 0 Å². The molecule has 2 unspecified atom stereocenters. The predicted octanol–water partition coefficient (Wildman–Crippen LogP) is 3.71. The van der Waals surface area contributed by atoms with Gasteiger partial charge >= 0.3 is 0 Å². The lowest BCUT2D eigenvalue weighted by Crippen LogP contribution is -2.33. The van der Waals surface area contributed by atoms with Crippen LogP contribution in [0.25, 0.3) is 11.1 Å². The molecule has 2 heterocycles. The van der Waals surface area contributed by atoms with Gasteiger partial charge in [0.25, 0.3) is 0 Å². The molecule has 0 spiro atoms. The van der Waals surface area contributed by atoms with Gasteiger partial charge in [0.2, 0.25) is 0 Å². The van der Waals surface area contributed by atoms with E-state index in [0.29, 0.717) is 5.92 Å². The van der Waals surface area contributed by atoms with Crippen molar-refractivity contribution >= 4 is 0 Å². The van der Waals surface area contributed by atoms with Crippen molar-refractivity contribution in [1.29, 1.82) is 0 Å². The Morgan fingerprint density at radius 2 is 1.88 bits per heavy atom. The summed E-state index contributed by atoms with van der Waals surface area (Å²) >= 11 is 0. The highest BCUT2D eigenvalue weighted by Crippen LogP contribution is 2.32. The number of fused-ring (bicyclic) bond motifs is 1. The molecule has 24 heavy (non-hydrogen) atoms. The Bertz CT molecular complexity index is 689. The predicted molar refractivity (Wildman–Crippen MR) is 96.2 cm³/mol. The molecular weight excluding hydrogens is 298 g/mol. The molecule has 3 nitrogen and oxygen atoms in total. The lowest BCUT2D eigenvalue weighted by molar-refractivity contribution is 0.0922. The molecular formula is C21H25NO2. The van der Waals surface area contributed by atoms with Crippen molar-refractivity contribution in [3.05, 3.63) is 53.6 Å². The van der Waals surface area contributed by atoms with Gasteiger partial charge in [-0.2, -0.15) is 0 Å². The van der Waals surface area contributed by atoms with Gasteiger partial charge in [-0.1, -0.05) is 30.3 Å². The molecule has 1 saturated heterocycles. The van der Waals surface area contributed by atoms with E-state index in [1.54, 1.807) is 0 Å². The first-order chi connectivity index (χ1) is 11.8. The second-order valence-corrected chi connectivity index (χ2v) is 6.95. The van der Waals surface area contributed by atoms with E-state index in [2.05, 4.69) is 47.8 Å². The number of ether oxygens (including phenoxy) is 1. The number of aryl methyl sites for hydroxylation is 1. The molecule has 3 heteroatoms. The maximum atomic E-state index is 10.6. The number of hydrogen-bond donors (Lipinski definition) is 2. The molecule has 0 amide bonds. The summed E-state index contributed by atoms with van der Waals surface area (Å²) in [5, 5.41) is 14.0. The van der Waals surface area contributed by atoms with Crippen LogP contribution < -0.4 is 10.1 Å². The molecule has 126 valence electrons. The summed E-state index contributed by atoms with van der Waals surface area (Å²) in [4.78, 5) is 0. The van der Waals surface area contributed by atoms with Crippen LogP contribution in [-0.4, -0.2) is 24.8 Å². The van der Waals surface area contributed by atoms with Gasteiger partial charge in [-0.25, -0.2) is 0 Å². The van der Waals surface area contributed by atoms with E-state index in [1.165, 1.54) is 16.7 Å². The molecule has 4 rings (SSSR count). The van der Waals surface area contributed by atoms with Crippen molar-refractivity contribution < 1.29 is 9.84 Å². The van der Waals surface area contributed by atoms with Crippen molar-refractivity contribution in [2.45, 2.75) is 31.8 Å². The molecule has 2 aromatic rings. The zero-order chi connectivity index (χ0) is 16.4. The van der Waals surface area contributed by atoms with Crippen LogP contribution in [0.2, 0.25) is 0 Å². The van der Waals surface area contributed by atoms with Crippen LogP contribution >= 0.6 is 0 Å². The van der Waals surface area contributed by atoms with Crippen LogP contribution in [0, 0.1) is 5.92 Å². The highest BCUT2D eigenvalue weighted by molar-refractivity contribution is 5.66. The SMILES string of the molecule is OC(c1ccc(-c2ccc3c(c2)CCCO3)cc1)C1CCCNC1. The van der Waals surface area contributed by atoms with Gasteiger partial charge < -0.3 is 15.2 Å². The first kappa shape index (κ1) is 15.7. The topological polar surface area (TPSA) is 41.5 Å². The van der Waals surface area contributed by atoms with Gasteiger partial charge in [0, 0.05) is 12.5 Å². The Morgan fingerprint density at radius 1 is 1.04 bits per heavy atom. The fraction of sp³-hybridized carbons (Fsp3) is 0.429. The molecule has 0 saturated carbocycles. The molecule has 2 atom stereocenters. The summed E-state index contributed by atoms with van der Waals surface area (Å²) in [6, 6.07) is 14.8. The minimum absolute atomic E-state index is 0.325. The summed E-state index contributed by atoms with van der Waals surface area (Å²) < 4.78 is 5.69. The van der Waals surface area contributed by atoms with Crippen LogP contribution in [0.5, 0.6) is 5.75 Å². The monoisotopic (exact) mass is 323 g/mol. The van der Waals surface area contributed by atoms with Crippen molar-refractivity contribution in [2.24, 2.45) is 5.92 Å². The van der Waals surface area contributed by atoms with Gasteiger partial charge in [-0.3, -0.25) is 0 Å². The van der Waals surface area contributed by atoms with Gasteiger partial charge in [0.15, 0.2) is 0 Å². The molecule has 0 bridgehead atoms. The van der Waals surface area contributed by atoms with Crippen molar-refractivity contribution in [3.8, 4) is 16.9 Å². The molecule has 2 aliphatic heterocycles. The number of benzene rings is 2. The standard InChI is InChI=1S/C21H25NO2/c23-21(19-3-1-11-22-14-19)16-7-5-15(6-8-16)17-9-10-20-18(13-17)4-2-12-24-20/h5-10,13,19,21-23H,1-4,11-12,14H2. The average molecular weight is 323 g/mol. The normalized spacial score (nSPS) is 21.6. The lowest BCUT2D eigenvalue weighted by atomic mass is 9.88. The third-order valence-corrected chi connectivity index (χ3v) is 5.28. The number of nitrogens with one attached hydrogen (secondary N) is 1. The third kappa shape index (κ3) is 3.19. The number of piperidine rings is 1. The molecule has 2 aromatic carbocycles. The summed E-state index contributed by atoms with van der Waals surface area (Å²) in [7, 11) is 0. The summed E-state index contributed by atoms with van der Waals surface area (Å²) in [5.74, 6) is 1.35. The number of rotatable bonds is 3. The Hall–Kier alpha value is -1.84. The number of aliphatic hydroxyl groups excluding tert-OH is 1. The first-order valence-corrected chi connectivity index (χ1v) is 9.06. The van der Waals surface area contributed by atoms with Crippen LogP contribution in [-0.2, 0) is 6.42 Å². The lowest BCUT2D eigenvalue weighted by Gasteiger charge is -2.27. The number of aliphatic hydroxyl groups is 1. The van der Waals surface area contributed by atoms with Gasteiger partial charge in [-0.05, 0) is 66.6 Å². The van der Waals surface area contributed by atoms with Crippen LogP contribution in [0.1, 0.15) is 36.5 Å². The fourth-order valence-corrected chi connectivity index (χ4v) is 3.83. The van der Waals surface area contributed by atoms with Gasteiger partial charge in [0.1, 0.15) is 5.75 Å². The highest BCUT2D eigenvalue weighted by atomic mass is 16.5. The molecule has 1 fully saturated rings. The van der Waals surface area contributed by atoms with Crippen molar-refractivity contribution in [3.63, 3.8) is 0 Å². The van der Waals surface area contributed by atoms with Crippen LogP contribution in [0.15, 0.2) is 42.5 Å².